The van der Waals surface area contributed by atoms with Gasteiger partial charge in [0, 0.05) is 30.5 Å². The number of aryl methyl sites for hydroxylation is 1. The number of carbonyl (C=O) groups is 2. The molecule has 2 N–H and O–H groups in total. The first-order valence-electron chi connectivity index (χ1n) is 8.51. The molecule has 2 aromatic carbocycles. The van der Waals surface area contributed by atoms with E-state index in [0.29, 0.717) is 35.9 Å². The van der Waals surface area contributed by atoms with Gasteiger partial charge in [0.05, 0.1) is 10.6 Å². The Bertz CT molecular complexity index is 949. The zero-order valence-corrected chi connectivity index (χ0v) is 15.2. The summed E-state index contributed by atoms with van der Waals surface area (Å²) in [4.78, 5) is 24.6. The first-order valence-corrected chi connectivity index (χ1v) is 8.88. The Hall–Kier alpha value is -2.79. The van der Waals surface area contributed by atoms with Crippen molar-refractivity contribution in [2.75, 3.05) is 13.1 Å². The number of fused-ring (bicyclic) bond motifs is 1. The van der Waals surface area contributed by atoms with Crippen molar-refractivity contribution in [2.45, 2.75) is 13.5 Å². The monoisotopic (exact) mass is 369 g/mol. The summed E-state index contributed by atoms with van der Waals surface area (Å²) in [5, 5.41) is 7.04. The minimum absolute atomic E-state index is 0.157. The molecule has 1 heterocycles. The van der Waals surface area contributed by atoms with Gasteiger partial charge in [-0.2, -0.15) is 0 Å². The van der Waals surface area contributed by atoms with E-state index < -0.39 is 0 Å². The van der Waals surface area contributed by atoms with Gasteiger partial charge in [-0.1, -0.05) is 41.9 Å². The van der Waals surface area contributed by atoms with E-state index >= 15 is 0 Å². The third kappa shape index (κ3) is 3.73. The van der Waals surface area contributed by atoms with Gasteiger partial charge in [-0.3, -0.25) is 9.59 Å². The van der Waals surface area contributed by atoms with E-state index in [1.54, 1.807) is 24.3 Å². The molecule has 0 aliphatic heterocycles. The number of nitrogens with one attached hydrogen (secondary N) is 2. The van der Waals surface area contributed by atoms with Gasteiger partial charge in [0.1, 0.15) is 5.69 Å². The zero-order valence-electron chi connectivity index (χ0n) is 14.5. The highest BCUT2D eigenvalue weighted by atomic mass is 35.5. The second kappa shape index (κ2) is 8.06. The van der Waals surface area contributed by atoms with Gasteiger partial charge in [-0.05, 0) is 31.2 Å². The summed E-state index contributed by atoms with van der Waals surface area (Å²) in [6.07, 6.45) is 0. The zero-order chi connectivity index (χ0) is 18.5. The third-order valence-corrected chi connectivity index (χ3v) is 4.50. The predicted octanol–water partition coefficient (Wildman–Crippen LogP) is 3.47. The average Bonchev–Trinajstić information content (AvgIpc) is 3.04. The van der Waals surface area contributed by atoms with Gasteiger partial charge in [-0.15, -0.1) is 0 Å². The van der Waals surface area contributed by atoms with Gasteiger partial charge in [-0.25, -0.2) is 0 Å². The van der Waals surface area contributed by atoms with Crippen molar-refractivity contribution in [3.63, 3.8) is 0 Å². The lowest BCUT2D eigenvalue weighted by Gasteiger charge is -2.10. The van der Waals surface area contributed by atoms with Crippen LogP contribution < -0.4 is 10.6 Å². The highest BCUT2D eigenvalue weighted by molar-refractivity contribution is 6.33. The van der Waals surface area contributed by atoms with Crippen molar-refractivity contribution in [1.82, 2.24) is 15.2 Å². The summed E-state index contributed by atoms with van der Waals surface area (Å²) in [6.45, 7) is 3.37. The Kier molecular flexibility index (Phi) is 5.58. The molecular weight excluding hydrogens is 350 g/mol. The molecule has 0 unspecified atom stereocenters. The molecular formula is C20H20ClN3O2. The Morgan fingerprint density at radius 2 is 1.62 bits per heavy atom. The van der Waals surface area contributed by atoms with Crippen molar-refractivity contribution in [2.24, 2.45) is 0 Å². The molecule has 0 aliphatic rings. The largest absolute Gasteiger partial charge is 0.350 e. The number of para-hydroxylation sites is 1. The van der Waals surface area contributed by atoms with Crippen LogP contribution in [-0.4, -0.2) is 29.5 Å². The topological polar surface area (TPSA) is 63.1 Å². The maximum absolute atomic E-state index is 12.5. The highest BCUT2D eigenvalue weighted by Gasteiger charge is 2.14. The highest BCUT2D eigenvalue weighted by Crippen LogP contribution is 2.19. The Morgan fingerprint density at radius 1 is 0.962 bits per heavy atom. The molecule has 3 aromatic rings. The summed E-state index contributed by atoms with van der Waals surface area (Å²) >= 11 is 6.00. The normalized spacial score (nSPS) is 10.7. The molecule has 3 rings (SSSR count). The number of amides is 2. The van der Waals surface area contributed by atoms with Crippen LogP contribution in [0, 0.1) is 0 Å². The number of benzene rings is 2. The smallest absolute Gasteiger partial charge is 0.268 e. The fourth-order valence-corrected chi connectivity index (χ4v) is 3.14. The number of nitrogens with zero attached hydrogens (tertiary/aromatic N) is 1. The number of aromatic nitrogens is 1. The molecule has 0 fully saturated rings. The molecule has 0 aliphatic carbocycles. The van der Waals surface area contributed by atoms with Crippen LogP contribution in [0.25, 0.3) is 10.9 Å². The minimum atomic E-state index is -0.257. The van der Waals surface area contributed by atoms with Crippen LogP contribution in [0.5, 0.6) is 0 Å². The predicted molar refractivity (Wildman–Crippen MR) is 104 cm³/mol. The fourth-order valence-electron chi connectivity index (χ4n) is 2.92. The number of carbonyl (C=O) groups excluding carboxylic acids is 2. The molecule has 6 heteroatoms. The van der Waals surface area contributed by atoms with Crippen molar-refractivity contribution in [3.05, 3.63) is 70.9 Å². The molecule has 26 heavy (non-hydrogen) atoms. The van der Waals surface area contributed by atoms with Gasteiger partial charge in [0.2, 0.25) is 0 Å². The van der Waals surface area contributed by atoms with E-state index in [1.165, 1.54) is 0 Å². The van der Waals surface area contributed by atoms with Gasteiger partial charge in [0.15, 0.2) is 0 Å². The van der Waals surface area contributed by atoms with E-state index in [9.17, 15) is 9.59 Å². The second-order valence-electron chi connectivity index (χ2n) is 5.82. The minimum Gasteiger partial charge on any atom is -0.350 e. The second-order valence-corrected chi connectivity index (χ2v) is 6.23. The lowest BCUT2D eigenvalue weighted by Crippen LogP contribution is -2.35. The van der Waals surface area contributed by atoms with Crippen LogP contribution >= 0.6 is 11.6 Å². The van der Waals surface area contributed by atoms with E-state index in [1.807, 2.05) is 41.8 Å². The van der Waals surface area contributed by atoms with Crippen LogP contribution in [0.3, 0.4) is 0 Å². The maximum atomic E-state index is 12.5. The van der Waals surface area contributed by atoms with Crippen LogP contribution in [0.2, 0.25) is 5.02 Å². The van der Waals surface area contributed by atoms with Crippen molar-refractivity contribution >= 4 is 34.3 Å². The van der Waals surface area contributed by atoms with E-state index in [-0.39, 0.29) is 11.8 Å². The standard InChI is InChI=1S/C20H20ClN3O2/c1-2-24-17-10-6-3-7-14(17)13-18(24)20(26)23-12-11-22-19(25)15-8-4-5-9-16(15)21/h3-10,13H,2,11-12H2,1H3,(H,22,25)(H,23,26). The van der Waals surface area contributed by atoms with Gasteiger partial charge >= 0.3 is 0 Å². The SMILES string of the molecule is CCn1c(C(=O)NCCNC(=O)c2ccccc2Cl)cc2ccccc21. The first kappa shape index (κ1) is 18.0. The van der Waals surface area contributed by atoms with Crippen LogP contribution in [0.1, 0.15) is 27.8 Å². The lowest BCUT2D eigenvalue weighted by molar-refractivity contribution is 0.0923. The summed E-state index contributed by atoms with van der Waals surface area (Å²) in [6, 6.07) is 16.6. The summed E-state index contributed by atoms with van der Waals surface area (Å²) in [5.41, 5.74) is 2.07. The number of hydrogen-bond donors (Lipinski definition) is 2. The first-order chi connectivity index (χ1) is 12.6. The number of rotatable bonds is 6. The van der Waals surface area contributed by atoms with Gasteiger partial charge < -0.3 is 15.2 Å². The average molecular weight is 370 g/mol. The quantitative estimate of drug-likeness (QED) is 0.653. The molecule has 134 valence electrons. The van der Waals surface area contributed by atoms with E-state index in [2.05, 4.69) is 10.6 Å². The molecule has 0 spiro atoms. The van der Waals surface area contributed by atoms with Crippen LogP contribution in [0.15, 0.2) is 54.6 Å². The molecule has 0 radical (unpaired) electrons. The van der Waals surface area contributed by atoms with Crippen molar-refractivity contribution < 1.29 is 9.59 Å². The van der Waals surface area contributed by atoms with Crippen LogP contribution in [-0.2, 0) is 6.54 Å². The Labute approximate surface area is 157 Å². The molecule has 0 saturated heterocycles. The molecule has 1 aromatic heterocycles. The van der Waals surface area contributed by atoms with E-state index in [0.717, 1.165) is 10.9 Å². The number of halogens is 1. The van der Waals surface area contributed by atoms with Gasteiger partial charge in [0.25, 0.3) is 11.8 Å². The maximum Gasteiger partial charge on any atom is 0.268 e. The van der Waals surface area contributed by atoms with E-state index in [4.69, 9.17) is 11.6 Å². The molecule has 0 atom stereocenters. The van der Waals surface area contributed by atoms with Crippen LogP contribution in [0.4, 0.5) is 0 Å². The summed E-state index contributed by atoms with van der Waals surface area (Å²) in [7, 11) is 0. The fraction of sp³-hybridized carbons (Fsp3) is 0.200. The number of hydrogen-bond acceptors (Lipinski definition) is 2. The molecule has 2 amide bonds. The molecule has 0 bridgehead atoms. The summed E-state index contributed by atoms with van der Waals surface area (Å²) < 4.78 is 1.98. The Balaban J connectivity index is 1.58. The lowest BCUT2D eigenvalue weighted by atomic mass is 10.2. The molecule has 5 nitrogen and oxygen atoms in total. The Morgan fingerprint density at radius 3 is 2.35 bits per heavy atom. The summed E-state index contributed by atoms with van der Waals surface area (Å²) in [5.74, 6) is -0.414. The van der Waals surface area contributed by atoms with Crippen molar-refractivity contribution in [3.8, 4) is 0 Å². The molecule has 0 saturated carbocycles. The van der Waals surface area contributed by atoms with Crippen molar-refractivity contribution in [1.29, 1.82) is 0 Å². The third-order valence-electron chi connectivity index (χ3n) is 4.17.